The summed E-state index contributed by atoms with van der Waals surface area (Å²) < 4.78 is 37.7. The molecule has 1 fully saturated rings. The van der Waals surface area contributed by atoms with E-state index in [1.165, 1.54) is 16.4 Å². The predicted molar refractivity (Wildman–Crippen MR) is 109 cm³/mol. The topological polar surface area (TPSA) is 88.8 Å². The van der Waals surface area contributed by atoms with Gasteiger partial charge in [0.1, 0.15) is 5.58 Å². The first-order valence-electron chi connectivity index (χ1n) is 9.41. The van der Waals surface area contributed by atoms with E-state index in [1.54, 1.807) is 25.3 Å². The van der Waals surface area contributed by atoms with Crippen LogP contribution in [0.25, 0.3) is 11.0 Å². The van der Waals surface area contributed by atoms with Crippen molar-refractivity contribution < 1.29 is 22.4 Å². The summed E-state index contributed by atoms with van der Waals surface area (Å²) in [6.45, 7) is 1.34. The second-order valence-corrected chi connectivity index (χ2v) is 8.87. The van der Waals surface area contributed by atoms with Gasteiger partial charge in [0, 0.05) is 36.8 Å². The van der Waals surface area contributed by atoms with Crippen molar-refractivity contribution >= 4 is 32.6 Å². The van der Waals surface area contributed by atoms with Crippen molar-refractivity contribution in [2.24, 2.45) is 0 Å². The lowest BCUT2D eigenvalue weighted by Gasteiger charge is -2.15. The predicted octanol–water partition coefficient (Wildman–Crippen LogP) is 3.62. The third kappa shape index (κ3) is 3.78. The van der Waals surface area contributed by atoms with Gasteiger partial charge in [-0.25, -0.2) is 8.42 Å². The zero-order valence-electron chi connectivity index (χ0n) is 16.1. The Balaban J connectivity index is 1.56. The molecule has 1 N–H and O–H groups in total. The number of carbonyl (C=O) groups excluding carboxylic acids is 1. The SMILES string of the molecule is COCc1c(C(=O)Nc2ccc(S(=O)(=O)N3CCCC3)cc2)oc2ccccc12. The highest BCUT2D eigenvalue weighted by atomic mass is 32.2. The Labute approximate surface area is 169 Å². The number of sulfonamides is 1. The van der Waals surface area contributed by atoms with Gasteiger partial charge in [0.15, 0.2) is 5.76 Å². The Morgan fingerprint density at radius 2 is 1.79 bits per heavy atom. The van der Waals surface area contributed by atoms with E-state index in [0.29, 0.717) is 29.9 Å². The highest BCUT2D eigenvalue weighted by Crippen LogP contribution is 2.28. The minimum atomic E-state index is -3.48. The van der Waals surface area contributed by atoms with Crippen LogP contribution in [0.15, 0.2) is 57.8 Å². The first kappa shape index (κ1) is 19.6. The molecule has 0 saturated carbocycles. The Bertz CT molecular complexity index is 1130. The number of carbonyl (C=O) groups is 1. The van der Waals surface area contributed by atoms with Crippen LogP contribution in [0.4, 0.5) is 5.69 Å². The number of rotatable bonds is 6. The molecule has 1 aliphatic heterocycles. The summed E-state index contributed by atoms with van der Waals surface area (Å²) in [7, 11) is -1.92. The standard InChI is InChI=1S/C21H22N2O5S/c1-27-14-18-17-6-2-3-7-19(17)28-20(18)21(24)22-15-8-10-16(11-9-15)29(25,26)23-12-4-5-13-23/h2-3,6-11H,4-5,12-14H2,1H3,(H,22,24). The average Bonchev–Trinajstić information content (AvgIpc) is 3.38. The summed E-state index contributed by atoms with van der Waals surface area (Å²) in [6, 6.07) is 13.6. The van der Waals surface area contributed by atoms with E-state index < -0.39 is 15.9 Å². The Morgan fingerprint density at radius 1 is 1.10 bits per heavy atom. The number of amides is 1. The number of benzene rings is 2. The molecule has 0 spiro atoms. The molecule has 29 heavy (non-hydrogen) atoms. The van der Waals surface area contributed by atoms with Gasteiger partial charge in [-0.1, -0.05) is 18.2 Å². The largest absolute Gasteiger partial charge is 0.451 e. The van der Waals surface area contributed by atoms with Gasteiger partial charge >= 0.3 is 0 Å². The first-order valence-corrected chi connectivity index (χ1v) is 10.9. The molecule has 3 aromatic rings. The van der Waals surface area contributed by atoms with E-state index >= 15 is 0 Å². The zero-order valence-corrected chi connectivity index (χ0v) is 16.9. The molecule has 4 rings (SSSR count). The van der Waals surface area contributed by atoms with Gasteiger partial charge in [-0.15, -0.1) is 0 Å². The maximum absolute atomic E-state index is 12.8. The third-order valence-corrected chi connectivity index (χ3v) is 6.92. The summed E-state index contributed by atoms with van der Waals surface area (Å²) >= 11 is 0. The molecule has 1 amide bonds. The van der Waals surface area contributed by atoms with Gasteiger partial charge in [0.25, 0.3) is 5.91 Å². The van der Waals surface area contributed by atoms with Gasteiger partial charge in [-0.3, -0.25) is 4.79 Å². The van der Waals surface area contributed by atoms with E-state index in [0.717, 1.165) is 18.2 Å². The normalized spacial score (nSPS) is 15.1. The number of anilines is 1. The molecule has 2 heterocycles. The van der Waals surface area contributed by atoms with Gasteiger partial charge in [-0.2, -0.15) is 4.31 Å². The van der Waals surface area contributed by atoms with Crippen LogP contribution >= 0.6 is 0 Å². The molecular weight excluding hydrogens is 392 g/mol. The summed E-state index contributed by atoms with van der Waals surface area (Å²) in [5, 5.41) is 3.60. The Morgan fingerprint density at radius 3 is 2.48 bits per heavy atom. The lowest BCUT2D eigenvalue weighted by Crippen LogP contribution is -2.27. The fourth-order valence-corrected chi connectivity index (χ4v) is 5.06. The maximum Gasteiger partial charge on any atom is 0.291 e. The van der Waals surface area contributed by atoms with Gasteiger partial charge < -0.3 is 14.5 Å². The van der Waals surface area contributed by atoms with E-state index in [4.69, 9.17) is 9.15 Å². The summed E-state index contributed by atoms with van der Waals surface area (Å²) in [6.07, 6.45) is 1.77. The minimum absolute atomic E-state index is 0.182. The highest BCUT2D eigenvalue weighted by molar-refractivity contribution is 7.89. The van der Waals surface area contributed by atoms with Crippen molar-refractivity contribution in [2.75, 3.05) is 25.5 Å². The van der Waals surface area contributed by atoms with Gasteiger partial charge in [0.05, 0.1) is 11.5 Å². The molecule has 1 saturated heterocycles. The number of hydrogen-bond acceptors (Lipinski definition) is 5. The van der Waals surface area contributed by atoms with Crippen molar-refractivity contribution in [3.63, 3.8) is 0 Å². The van der Waals surface area contributed by atoms with Crippen LogP contribution in [0.5, 0.6) is 0 Å². The summed E-state index contributed by atoms with van der Waals surface area (Å²) in [5.74, 6) is -0.231. The molecule has 0 unspecified atom stereocenters. The van der Waals surface area contributed by atoms with E-state index in [2.05, 4.69) is 5.32 Å². The number of furan rings is 1. The number of ether oxygens (including phenoxy) is 1. The van der Waals surface area contributed by atoms with Gasteiger partial charge in [0.2, 0.25) is 10.0 Å². The lowest BCUT2D eigenvalue weighted by atomic mass is 10.1. The number of methoxy groups -OCH3 is 1. The van der Waals surface area contributed by atoms with Crippen LogP contribution in [-0.4, -0.2) is 38.8 Å². The molecule has 152 valence electrons. The molecule has 1 aromatic heterocycles. The zero-order chi connectivity index (χ0) is 20.4. The molecule has 0 radical (unpaired) electrons. The quantitative estimate of drug-likeness (QED) is 0.666. The monoisotopic (exact) mass is 414 g/mol. The molecular formula is C21H22N2O5S. The molecule has 0 atom stereocenters. The molecule has 1 aliphatic rings. The van der Waals surface area contributed by atoms with Crippen LogP contribution < -0.4 is 5.32 Å². The summed E-state index contributed by atoms with van der Waals surface area (Å²) in [5.41, 5.74) is 1.77. The minimum Gasteiger partial charge on any atom is -0.451 e. The van der Waals surface area contributed by atoms with Crippen molar-refractivity contribution in [2.45, 2.75) is 24.3 Å². The van der Waals surface area contributed by atoms with Crippen molar-refractivity contribution in [3.05, 3.63) is 59.9 Å². The van der Waals surface area contributed by atoms with Crippen molar-refractivity contribution in [1.82, 2.24) is 4.31 Å². The highest BCUT2D eigenvalue weighted by Gasteiger charge is 2.27. The molecule has 7 nitrogen and oxygen atoms in total. The molecule has 2 aromatic carbocycles. The average molecular weight is 414 g/mol. The van der Waals surface area contributed by atoms with Crippen LogP contribution in [0.1, 0.15) is 29.0 Å². The number of para-hydroxylation sites is 1. The second kappa shape index (κ2) is 7.98. The molecule has 0 bridgehead atoms. The second-order valence-electron chi connectivity index (χ2n) is 6.93. The smallest absolute Gasteiger partial charge is 0.291 e. The fraction of sp³-hybridized carbons (Fsp3) is 0.286. The maximum atomic E-state index is 12.8. The van der Waals surface area contributed by atoms with Crippen LogP contribution in [-0.2, 0) is 21.4 Å². The first-order chi connectivity index (χ1) is 14.0. The molecule has 0 aliphatic carbocycles. The van der Waals surface area contributed by atoms with Crippen molar-refractivity contribution in [3.8, 4) is 0 Å². The lowest BCUT2D eigenvalue weighted by molar-refractivity contribution is 0.0992. The Kier molecular flexibility index (Phi) is 5.40. The van der Waals surface area contributed by atoms with E-state index in [9.17, 15) is 13.2 Å². The molecule has 8 heteroatoms. The number of fused-ring (bicyclic) bond motifs is 1. The number of nitrogens with one attached hydrogen (secondary N) is 1. The summed E-state index contributed by atoms with van der Waals surface area (Å²) in [4.78, 5) is 13.0. The van der Waals surface area contributed by atoms with Crippen LogP contribution in [0, 0.1) is 0 Å². The van der Waals surface area contributed by atoms with Crippen molar-refractivity contribution in [1.29, 1.82) is 0 Å². The number of nitrogens with zero attached hydrogens (tertiary/aromatic N) is 1. The van der Waals surface area contributed by atoms with E-state index in [1.807, 2.05) is 18.2 Å². The van der Waals surface area contributed by atoms with Crippen LogP contribution in [0.3, 0.4) is 0 Å². The third-order valence-electron chi connectivity index (χ3n) is 5.01. The Hall–Kier alpha value is -2.68. The fourth-order valence-electron chi connectivity index (χ4n) is 3.55. The number of hydrogen-bond donors (Lipinski definition) is 1. The van der Waals surface area contributed by atoms with Gasteiger partial charge in [-0.05, 0) is 43.2 Å². The van der Waals surface area contributed by atoms with E-state index in [-0.39, 0.29) is 17.3 Å². The van der Waals surface area contributed by atoms with Crippen LogP contribution in [0.2, 0.25) is 0 Å².